The van der Waals surface area contributed by atoms with Crippen molar-refractivity contribution in [2.24, 2.45) is 0 Å². The molecule has 0 atom stereocenters. The van der Waals surface area contributed by atoms with Gasteiger partial charge in [0.1, 0.15) is 12.4 Å². The second-order valence-electron chi connectivity index (χ2n) is 5.67. The monoisotopic (exact) mass is 367 g/mol. The number of para-hydroxylation sites is 2. The number of fused-ring (bicyclic) bond motifs is 1. The first-order valence-electron chi connectivity index (χ1n) is 8.10. The highest BCUT2D eigenvalue weighted by Gasteiger charge is 2.09. The molecule has 9 heteroatoms. The normalized spacial score (nSPS) is 10.4. The molecule has 0 aliphatic rings. The minimum absolute atomic E-state index is 0.208. The van der Waals surface area contributed by atoms with E-state index in [9.17, 15) is 14.4 Å². The summed E-state index contributed by atoms with van der Waals surface area (Å²) in [5.74, 6) is -1.06. The van der Waals surface area contributed by atoms with Crippen molar-refractivity contribution < 1.29 is 19.5 Å². The summed E-state index contributed by atoms with van der Waals surface area (Å²) in [4.78, 5) is 41.9. The van der Waals surface area contributed by atoms with Crippen LogP contribution in [0.4, 0.5) is 10.5 Å². The number of carboxylic acids is 1. The summed E-state index contributed by atoms with van der Waals surface area (Å²) in [6.07, 6.45) is 0. The molecule has 27 heavy (non-hydrogen) atoms. The number of carbonyl (C=O) groups is 3. The summed E-state index contributed by atoms with van der Waals surface area (Å²) >= 11 is 0. The van der Waals surface area contributed by atoms with Gasteiger partial charge in [-0.2, -0.15) is 0 Å². The first-order chi connectivity index (χ1) is 13.0. The van der Waals surface area contributed by atoms with Crippen LogP contribution in [0, 0.1) is 0 Å². The lowest BCUT2D eigenvalue weighted by molar-refractivity contribution is -0.135. The predicted octanol–water partition coefficient (Wildman–Crippen LogP) is 1.70. The largest absolute Gasteiger partial charge is 0.480 e. The van der Waals surface area contributed by atoms with Crippen molar-refractivity contribution in [1.82, 2.24) is 20.6 Å². The molecule has 0 unspecified atom stereocenters. The van der Waals surface area contributed by atoms with Crippen molar-refractivity contribution >= 4 is 34.6 Å². The Morgan fingerprint density at radius 3 is 2.63 bits per heavy atom. The minimum Gasteiger partial charge on any atom is -0.480 e. The van der Waals surface area contributed by atoms with E-state index in [-0.39, 0.29) is 12.1 Å². The smallest absolute Gasteiger partial charge is 0.322 e. The van der Waals surface area contributed by atoms with Crippen LogP contribution in [0.25, 0.3) is 11.0 Å². The third-order valence-electron chi connectivity index (χ3n) is 3.64. The molecule has 138 valence electrons. The Balaban J connectivity index is 1.56. The molecule has 0 aliphatic carbocycles. The zero-order valence-corrected chi connectivity index (χ0v) is 14.2. The van der Waals surface area contributed by atoms with Crippen LogP contribution in [0.2, 0.25) is 0 Å². The maximum atomic E-state index is 12.1. The first kappa shape index (κ1) is 17.9. The van der Waals surface area contributed by atoms with Gasteiger partial charge in [-0.1, -0.05) is 18.2 Å². The Bertz CT molecular complexity index is 965. The predicted molar refractivity (Wildman–Crippen MR) is 98.4 cm³/mol. The van der Waals surface area contributed by atoms with Crippen LogP contribution in [0.3, 0.4) is 0 Å². The van der Waals surface area contributed by atoms with Crippen LogP contribution in [0.5, 0.6) is 0 Å². The highest BCUT2D eigenvalue weighted by Crippen LogP contribution is 2.12. The number of imidazole rings is 1. The van der Waals surface area contributed by atoms with E-state index in [1.807, 2.05) is 24.3 Å². The Morgan fingerprint density at radius 2 is 1.85 bits per heavy atom. The van der Waals surface area contributed by atoms with Gasteiger partial charge in [0.2, 0.25) is 0 Å². The highest BCUT2D eigenvalue weighted by molar-refractivity contribution is 5.98. The van der Waals surface area contributed by atoms with E-state index < -0.39 is 24.5 Å². The summed E-state index contributed by atoms with van der Waals surface area (Å²) in [6.45, 7) is -0.270. The van der Waals surface area contributed by atoms with Crippen LogP contribution < -0.4 is 16.0 Å². The van der Waals surface area contributed by atoms with E-state index in [2.05, 4.69) is 25.9 Å². The number of hydrogen-bond acceptors (Lipinski definition) is 4. The number of rotatable bonds is 6. The average molecular weight is 367 g/mol. The molecule has 0 fully saturated rings. The molecule has 3 rings (SSSR count). The van der Waals surface area contributed by atoms with Gasteiger partial charge in [0.05, 0.1) is 17.6 Å². The molecule has 9 nitrogen and oxygen atoms in total. The Hall–Kier alpha value is -3.88. The number of amides is 3. The lowest BCUT2D eigenvalue weighted by atomic mass is 10.2. The number of carboxylic acid groups (broad SMARTS) is 1. The van der Waals surface area contributed by atoms with Crippen molar-refractivity contribution in [3.63, 3.8) is 0 Å². The Labute approximate surface area is 153 Å². The second kappa shape index (κ2) is 8.00. The van der Waals surface area contributed by atoms with Crippen LogP contribution >= 0.6 is 0 Å². The van der Waals surface area contributed by atoms with Crippen LogP contribution in [-0.4, -0.2) is 39.5 Å². The molecule has 1 heterocycles. The highest BCUT2D eigenvalue weighted by atomic mass is 16.4. The molecule has 0 radical (unpaired) electrons. The molecule has 3 amide bonds. The van der Waals surface area contributed by atoms with E-state index in [0.29, 0.717) is 11.5 Å². The van der Waals surface area contributed by atoms with Crippen molar-refractivity contribution in [2.45, 2.75) is 6.54 Å². The van der Waals surface area contributed by atoms with Gasteiger partial charge in [-0.15, -0.1) is 0 Å². The van der Waals surface area contributed by atoms with E-state index in [4.69, 9.17) is 5.11 Å². The molecule has 0 bridgehead atoms. The SMILES string of the molecule is O=C(O)CNC(=O)c1cccc(NC(=O)NCc2nc3ccccc3[nH]2)c1. The van der Waals surface area contributed by atoms with Crippen LogP contribution in [-0.2, 0) is 11.3 Å². The van der Waals surface area contributed by atoms with Crippen molar-refractivity contribution in [1.29, 1.82) is 0 Å². The molecule has 0 spiro atoms. The van der Waals surface area contributed by atoms with Gasteiger partial charge in [0.15, 0.2) is 0 Å². The molecular formula is C18H17N5O4. The third-order valence-corrected chi connectivity index (χ3v) is 3.64. The molecule has 0 aliphatic heterocycles. The van der Waals surface area contributed by atoms with E-state index in [0.717, 1.165) is 11.0 Å². The number of anilines is 1. The third kappa shape index (κ3) is 4.82. The van der Waals surface area contributed by atoms with Gasteiger partial charge in [-0.3, -0.25) is 9.59 Å². The lowest BCUT2D eigenvalue weighted by Gasteiger charge is -2.08. The number of benzene rings is 2. The summed E-state index contributed by atoms with van der Waals surface area (Å²) in [5, 5.41) is 16.1. The fraction of sp³-hybridized carbons (Fsp3) is 0.111. The standard InChI is InChI=1S/C18H17N5O4/c24-16(25)10-19-17(26)11-4-3-5-12(8-11)21-18(27)20-9-15-22-13-6-1-2-7-14(13)23-15/h1-8H,9-10H2,(H,19,26)(H,22,23)(H,24,25)(H2,20,21,27). The van der Waals surface area contributed by atoms with E-state index in [1.165, 1.54) is 12.1 Å². The molecule has 0 saturated heterocycles. The van der Waals surface area contributed by atoms with Gasteiger partial charge in [-0.05, 0) is 30.3 Å². The number of nitrogens with zero attached hydrogens (tertiary/aromatic N) is 1. The fourth-order valence-corrected chi connectivity index (χ4v) is 2.42. The van der Waals surface area contributed by atoms with Crippen molar-refractivity contribution in [3.8, 4) is 0 Å². The van der Waals surface area contributed by atoms with Gasteiger partial charge in [-0.25, -0.2) is 9.78 Å². The minimum atomic E-state index is -1.14. The van der Waals surface area contributed by atoms with Gasteiger partial charge in [0, 0.05) is 11.3 Å². The zero-order valence-electron chi connectivity index (χ0n) is 14.2. The molecule has 5 N–H and O–H groups in total. The average Bonchev–Trinajstić information content (AvgIpc) is 3.07. The van der Waals surface area contributed by atoms with E-state index in [1.54, 1.807) is 12.1 Å². The van der Waals surface area contributed by atoms with Gasteiger partial charge in [0.25, 0.3) is 5.91 Å². The second-order valence-corrected chi connectivity index (χ2v) is 5.67. The van der Waals surface area contributed by atoms with Gasteiger partial charge < -0.3 is 26.0 Å². The summed E-state index contributed by atoms with van der Waals surface area (Å²) in [7, 11) is 0. The number of H-pyrrole nitrogens is 1. The van der Waals surface area contributed by atoms with Crippen molar-refractivity contribution in [2.75, 3.05) is 11.9 Å². The van der Waals surface area contributed by atoms with Crippen LogP contribution in [0.15, 0.2) is 48.5 Å². The summed E-state index contributed by atoms with van der Waals surface area (Å²) in [5.41, 5.74) is 2.34. The van der Waals surface area contributed by atoms with Crippen LogP contribution in [0.1, 0.15) is 16.2 Å². The number of aromatic nitrogens is 2. The zero-order chi connectivity index (χ0) is 19.2. The quantitative estimate of drug-likeness (QED) is 0.452. The van der Waals surface area contributed by atoms with E-state index >= 15 is 0 Å². The maximum Gasteiger partial charge on any atom is 0.322 e. The van der Waals surface area contributed by atoms with Crippen molar-refractivity contribution in [3.05, 3.63) is 59.9 Å². The summed E-state index contributed by atoms with van der Waals surface area (Å²) < 4.78 is 0. The Morgan fingerprint density at radius 1 is 1.04 bits per heavy atom. The number of hydrogen-bond donors (Lipinski definition) is 5. The lowest BCUT2D eigenvalue weighted by Crippen LogP contribution is -2.30. The molecule has 1 aromatic heterocycles. The molecular weight excluding hydrogens is 350 g/mol. The number of nitrogens with one attached hydrogen (secondary N) is 4. The number of urea groups is 1. The summed E-state index contributed by atoms with van der Waals surface area (Å²) in [6, 6.07) is 13.3. The molecule has 0 saturated carbocycles. The number of aliphatic carboxylic acids is 1. The maximum absolute atomic E-state index is 12.1. The van der Waals surface area contributed by atoms with Gasteiger partial charge >= 0.3 is 12.0 Å². The first-order valence-corrected chi connectivity index (χ1v) is 8.10. The number of carbonyl (C=O) groups excluding carboxylic acids is 2. The topological polar surface area (TPSA) is 136 Å². The molecule has 2 aromatic carbocycles. The molecule has 3 aromatic rings. The number of aromatic amines is 1. The Kier molecular flexibility index (Phi) is 5.31. The fourth-order valence-electron chi connectivity index (χ4n) is 2.42.